The van der Waals surface area contributed by atoms with E-state index in [-0.39, 0.29) is 5.95 Å². The van der Waals surface area contributed by atoms with E-state index in [9.17, 15) is 0 Å². The fourth-order valence-electron chi connectivity index (χ4n) is 1.36. The Bertz CT molecular complexity index is 484. The fraction of sp³-hybridized carbons (Fsp3) is 0.222. The summed E-state index contributed by atoms with van der Waals surface area (Å²) >= 11 is 1.56. The van der Waals surface area contributed by atoms with Gasteiger partial charge in [0.15, 0.2) is 0 Å². The van der Waals surface area contributed by atoms with Crippen LogP contribution in [0.15, 0.2) is 17.0 Å². The van der Waals surface area contributed by atoms with Gasteiger partial charge in [-0.1, -0.05) is 0 Å². The van der Waals surface area contributed by atoms with Crippen LogP contribution in [0.25, 0.3) is 0 Å². The lowest BCUT2D eigenvalue weighted by molar-refractivity contribution is 0.871. The Morgan fingerprint density at radius 1 is 1.47 bits per heavy atom. The Morgan fingerprint density at radius 2 is 2.29 bits per heavy atom. The molecule has 0 spiro atoms. The van der Waals surface area contributed by atoms with Gasteiger partial charge in [0.05, 0.1) is 17.7 Å². The number of rotatable bonds is 4. The largest absolute Gasteiger partial charge is 0.368 e. The summed E-state index contributed by atoms with van der Waals surface area (Å²) in [6.45, 7) is 0.657. The van der Waals surface area contributed by atoms with E-state index in [4.69, 9.17) is 11.6 Å². The zero-order valence-electron chi connectivity index (χ0n) is 9.29. The highest BCUT2D eigenvalue weighted by atomic mass is 32.1. The number of anilines is 3. The molecule has 0 radical (unpaired) electrons. The lowest BCUT2D eigenvalue weighted by atomic mass is 10.4. The van der Waals surface area contributed by atoms with Crippen molar-refractivity contribution in [3.05, 3.63) is 22.7 Å². The second-order valence-electron chi connectivity index (χ2n) is 3.45. The summed E-state index contributed by atoms with van der Waals surface area (Å²) in [5, 5.41) is 1.99. The van der Waals surface area contributed by atoms with E-state index < -0.39 is 0 Å². The third-order valence-corrected chi connectivity index (χ3v) is 2.79. The quantitative estimate of drug-likeness (QED) is 0.534. The van der Waals surface area contributed by atoms with Crippen molar-refractivity contribution in [2.24, 2.45) is 5.84 Å². The van der Waals surface area contributed by atoms with Crippen molar-refractivity contribution in [3.8, 4) is 0 Å². The molecule has 8 heteroatoms. The van der Waals surface area contributed by atoms with Gasteiger partial charge in [-0.3, -0.25) is 0 Å². The number of nitrogens with two attached hydrogens (primary N) is 2. The molecule has 0 atom stereocenters. The van der Waals surface area contributed by atoms with Gasteiger partial charge in [0.25, 0.3) is 0 Å². The van der Waals surface area contributed by atoms with Gasteiger partial charge in [-0.2, -0.15) is 9.97 Å². The molecule has 2 aromatic rings. The van der Waals surface area contributed by atoms with Crippen molar-refractivity contribution in [1.82, 2.24) is 15.0 Å². The third kappa shape index (κ3) is 2.80. The molecule has 2 heterocycles. The molecule has 0 fully saturated rings. The predicted molar refractivity (Wildman–Crippen MR) is 68.5 cm³/mol. The number of hydrogen-bond donors (Lipinski definition) is 3. The topological polar surface area (TPSA) is 106 Å². The van der Waals surface area contributed by atoms with Crippen LogP contribution in [0.4, 0.5) is 17.6 Å². The summed E-state index contributed by atoms with van der Waals surface area (Å²) in [6, 6.07) is 1.72. The zero-order valence-corrected chi connectivity index (χ0v) is 10.1. The molecule has 17 heavy (non-hydrogen) atoms. The molecular weight excluding hydrogens is 238 g/mol. The first-order valence-corrected chi connectivity index (χ1v) is 5.82. The molecule has 0 aliphatic heterocycles. The minimum Gasteiger partial charge on any atom is -0.368 e. The molecule has 90 valence electrons. The molecule has 0 bridgehead atoms. The Labute approximate surface area is 102 Å². The highest BCUT2D eigenvalue weighted by Gasteiger charge is 2.08. The van der Waals surface area contributed by atoms with Gasteiger partial charge >= 0.3 is 0 Å². The van der Waals surface area contributed by atoms with E-state index in [0.717, 1.165) is 5.69 Å². The molecule has 7 nitrogen and oxygen atoms in total. The van der Waals surface area contributed by atoms with E-state index in [1.54, 1.807) is 22.9 Å². The van der Waals surface area contributed by atoms with Crippen molar-refractivity contribution in [2.45, 2.75) is 6.54 Å². The number of nitrogens with one attached hydrogen (secondary N) is 1. The summed E-state index contributed by atoms with van der Waals surface area (Å²) in [4.78, 5) is 14.2. The van der Waals surface area contributed by atoms with Crippen molar-refractivity contribution in [3.63, 3.8) is 0 Å². The van der Waals surface area contributed by atoms with Crippen molar-refractivity contribution in [2.75, 3.05) is 23.1 Å². The Balaban J connectivity index is 2.18. The number of nitrogens with zero attached hydrogens (tertiary/aromatic N) is 4. The molecule has 0 aromatic carbocycles. The van der Waals surface area contributed by atoms with Crippen LogP contribution in [-0.4, -0.2) is 22.0 Å². The molecule has 0 saturated carbocycles. The van der Waals surface area contributed by atoms with E-state index in [1.807, 2.05) is 17.3 Å². The lowest BCUT2D eigenvalue weighted by Gasteiger charge is -2.17. The van der Waals surface area contributed by atoms with Crippen molar-refractivity contribution >= 4 is 28.9 Å². The van der Waals surface area contributed by atoms with Crippen LogP contribution in [0.2, 0.25) is 0 Å². The van der Waals surface area contributed by atoms with Gasteiger partial charge in [0.1, 0.15) is 11.6 Å². The first-order chi connectivity index (χ1) is 8.19. The smallest absolute Gasteiger partial charge is 0.223 e. The summed E-state index contributed by atoms with van der Waals surface area (Å²) in [6.07, 6.45) is 0. The van der Waals surface area contributed by atoms with E-state index >= 15 is 0 Å². The molecule has 5 N–H and O–H groups in total. The highest BCUT2D eigenvalue weighted by Crippen LogP contribution is 2.17. The van der Waals surface area contributed by atoms with Gasteiger partial charge < -0.3 is 16.1 Å². The molecule has 0 aliphatic carbocycles. The lowest BCUT2D eigenvalue weighted by Crippen LogP contribution is -2.20. The zero-order chi connectivity index (χ0) is 12.3. The van der Waals surface area contributed by atoms with Crippen LogP contribution in [0.5, 0.6) is 0 Å². The number of hydrazine groups is 1. The number of thiazole rings is 1. The van der Waals surface area contributed by atoms with Gasteiger partial charge in [0, 0.05) is 18.5 Å². The molecule has 0 saturated heterocycles. The average molecular weight is 251 g/mol. The molecule has 2 rings (SSSR count). The van der Waals surface area contributed by atoms with Gasteiger partial charge in [0.2, 0.25) is 5.95 Å². The Kier molecular flexibility index (Phi) is 3.35. The molecule has 0 unspecified atom stereocenters. The number of hydrogen-bond acceptors (Lipinski definition) is 8. The summed E-state index contributed by atoms with van der Waals surface area (Å²) in [5.74, 6) is 6.66. The maximum atomic E-state index is 5.59. The van der Waals surface area contributed by atoms with Crippen LogP contribution >= 0.6 is 11.3 Å². The molecular formula is C9H13N7S. The maximum Gasteiger partial charge on any atom is 0.223 e. The van der Waals surface area contributed by atoms with E-state index in [0.29, 0.717) is 18.2 Å². The normalized spacial score (nSPS) is 10.2. The first kappa shape index (κ1) is 11.6. The number of nitrogen functional groups attached to an aromatic ring is 2. The fourth-order valence-corrected chi connectivity index (χ4v) is 1.91. The van der Waals surface area contributed by atoms with Crippen LogP contribution in [-0.2, 0) is 6.54 Å². The van der Waals surface area contributed by atoms with Gasteiger partial charge in [-0.25, -0.2) is 10.8 Å². The van der Waals surface area contributed by atoms with Gasteiger partial charge in [-0.05, 0) is 0 Å². The van der Waals surface area contributed by atoms with E-state index in [2.05, 4.69) is 20.4 Å². The van der Waals surface area contributed by atoms with Crippen LogP contribution < -0.4 is 21.9 Å². The first-order valence-electron chi connectivity index (χ1n) is 4.88. The maximum absolute atomic E-state index is 5.59. The van der Waals surface area contributed by atoms with E-state index in [1.165, 1.54) is 0 Å². The van der Waals surface area contributed by atoms with Crippen LogP contribution in [0, 0.1) is 0 Å². The monoisotopic (exact) mass is 251 g/mol. The Hall–Kier alpha value is -1.93. The van der Waals surface area contributed by atoms with Crippen LogP contribution in [0.3, 0.4) is 0 Å². The summed E-state index contributed by atoms with van der Waals surface area (Å²) in [5.41, 5.74) is 10.8. The SMILES string of the molecule is CN(Cc1cscn1)c1cc(NN)nc(N)n1. The minimum atomic E-state index is 0.181. The Morgan fingerprint density at radius 3 is 2.94 bits per heavy atom. The molecule has 2 aromatic heterocycles. The molecule has 0 amide bonds. The highest BCUT2D eigenvalue weighted by molar-refractivity contribution is 7.07. The molecule has 0 aliphatic rings. The minimum absolute atomic E-state index is 0.181. The average Bonchev–Trinajstić information content (AvgIpc) is 2.81. The third-order valence-electron chi connectivity index (χ3n) is 2.15. The van der Waals surface area contributed by atoms with Crippen molar-refractivity contribution < 1.29 is 0 Å². The second kappa shape index (κ2) is 4.93. The summed E-state index contributed by atoms with van der Waals surface area (Å²) < 4.78 is 0. The number of aromatic nitrogens is 3. The van der Waals surface area contributed by atoms with Crippen LogP contribution in [0.1, 0.15) is 5.69 Å². The predicted octanol–water partition coefficient (Wildman–Crippen LogP) is 0.437. The standard InChI is InChI=1S/C9H13N7S/c1-16(3-6-4-17-5-12-6)8-2-7(15-11)13-9(10)14-8/h2,4-5H,3,11H2,1H3,(H3,10,13,14,15). The van der Waals surface area contributed by atoms with Crippen molar-refractivity contribution in [1.29, 1.82) is 0 Å². The second-order valence-corrected chi connectivity index (χ2v) is 4.17. The summed E-state index contributed by atoms with van der Waals surface area (Å²) in [7, 11) is 1.90. The van der Waals surface area contributed by atoms with Gasteiger partial charge in [-0.15, -0.1) is 11.3 Å².